The Labute approximate surface area is 244 Å². The maximum Gasteiger partial charge on any atom is 0.0720 e. The Balaban J connectivity index is 1.59. The number of rotatable bonds is 3. The fourth-order valence-corrected chi connectivity index (χ4v) is 7.68. The van der Waals surface area contributed by atoms with Crippen LogP contribution in [0.15, 0.2) is 164 Å². The fourth-order valence-electron chi connectivity index (χ4n) is 7.68. The number of aromatic nitrogens is 1. The molecule has 1 aliphatic carbocycles. The molecule has 1 aromatic heterocycles. The molecule has 0 spiro atoms. The summed E-state index contributed by atoms with van der Waals surface area (Å²) in [6.45, 7) is 0. The molecule has 0 saturated carbocycles. The molecule has 0 aliphatic heterocycles. The quantitative estimate of drug-likeness (QED) is 0.213. The van der Waals surface area contributed by atoms with Gasteiger partial charge >= 0.3 is 0 Å². The van der Waals surface area contributed by atoms with Crippen molar-refractivity contribution in [3.63, 3.8) is 0 Å². The predicted molar refractivity (Wildman–Crippen MR) is 176 cm³/mol. The molecule has 8 aromatic rings. The van der Waals surface area contributed by atoms with Crippen molar-refractivity contribution < 1.29 is 0 Å². The van der Waals surface area contributed by atoms with Gasteiger partial charge in [-0.15, -0.1) is 0 Å². The van der Waals surface area contributed by atoms with Crippen molar-refractivity contribution in [1.82, 2.24) is 4.57 Å². The lowest BCUT2D eigenvalue weighted by Crippen LogP contribution is -2.34. The van der Waals surface area contributed by atoms with Gasteiger partial charge in [0.05, 0.1) is 16.4 Å². The third-order valence-corrected chi connectivity index (χ3v) is 9.24. The second kappa shape index (κ2) is 8.80. The van der Waals surface area contributed by atoms with Gasteiger partial charge in [-0.25, -0.2) is 0 Å². The van der Waals surface area contributed by atoms with E-state index in [1.54, 1.807) is 0 Å². The Bertz CT molecular complexity index is 2230. The lowest BCUT2D eigenvalue weighted by Gasteiger charge is -2.42. The maximum absolute atomic E-state index is 2.44. The SMILES string of the molecule is c1ccc(-n2c3ccccc3c3c4c(ccc32)-c2cccc3cccc(c23)C4(c2ccccc2)c2ccccc2)cc1. The highest BCUT2D eigenvalue weighted by atomic mass is 15.0. The van der Waals surface area contributed by atoms with Crippen LogP contribution in [0.5, 0.6) is 0 Å². The summed E-state index contributed by atoms with van der Waals surface area (Å²) < 4.78 is 2.44. The van der Waals surface area contributed by atoms with Gasteiger partial charge in [-0.2, -0.15) is 0 Å². The van der Waals surface area contributed by atoms with Gasteiger partial charge in [0.1, 0.15) is 0 Å². The Morgan fingerprint density at radius 3 is 1.74 bits per heavy atom. The van der Waals surface area contributed by atoms with Crippen molar-refractivity contribution >= 4 is 32.6 Å². The number of nitrogens with zero attached hydrogens (tertiary/aromatic N) is 1. The van der Waals surface area contributed by atoms with Crippen LogP contribution in [0.25, 0.3) is 49.4 Å². The second-order valence-electron chi connectivity index (χ2n) is 11.3. The molecule has 9 rings (SSSR count). The zero-order valence-corrected chi connectivity index (χ0v) is 23.0. The van der Waals surface area contributed by atoms with Crippen molar-refractivity contribution in [2.45, 2.75) is 5.41 Å². The minimum Gasteiger partial charge on any atom is -0.309 e. The molecule has 0 unspecified atom stereocenters. The van der Waals surface area contributed by atoms with Crippen LogP contribution < -0.4 is 0 Å². The average molecular weight is 534 g/mol. The summed E-state index contributed by atoms with van der Waals surface area (Å²) in [6.07, 6.45) is 0. The minimum absolute atomic E-state index is 0.517. The maximum atomic E-state index is 2.44. The van der Waals surface area contributed by atoms with Gasteiger partial charge < -0.3 is 4.57 Å². The Hall–Kier alpha value is -5.40. The number of para-hydroxylation sites is 2. The monoisotopic (exact) mass is 533 g/mol. The summed E-state index contributed by atoms with van der Waals surface area (Å²) in [7, 11) is 0. The van der Waals surface area contributed by atoms with E-state index in [-0.39, 0.29) is 0 Å². The molecule has 0 saturated heterocycles. The van der Waals surface area contributed by atoms with Crippen LogP contribution in [-0.4, -0.2) is 4.57 Å². The highest BCUT2D eigenvalue weighted by Gasteiger charge is 2.45. The summed E-state index contributed by atoms with van der Waals surface area (Å²) in [6, 6.07) is 60.3. The first-order valence-electron chi connectivity index (χ1n) is 14.6. The normalized spacial score (nSPS) is 13.4. The van der Waals surface area contributed by atoms with Gasteiger partial charge in [0, 0.05) is 16.5 Å². The molecule has 1 nitrogen and oxygen atoms in total. The van der Waals surface area contributed by atoms with Crippen molar-refractivity contribution in [1.29, 1.82) is 0 Å². The Morgan fingerprint density at radius 2 is 1.02 bits per heavy atom. The lowest BCUT2D eigenvalue weighted by atomic mass is 9.59. The zero-order valence-electron chi connectivity index (χ0n) is 23.0. The largest absolute Gasteiger partial charge is 0.309 e. The molecular weight excluding hydrogens is 506 g/mol. The molecule has 7 aromatic carbocycles. The fraction of sp³-hybridized carbons (Fsp3) is 0.0244. The predicted octanol–water partition coefficient (Wildman–Crippen LogP) is 10.3. The van der Waals surface area contributed by atoms with E-state index in [9.17, 15) is 0 Å². The van der Waals surface area contributed by atoms with E-state index in [4.69, 9.17) is 0 Å². The van der Waals surface area contributed by atoms with E-state index in [0.29, 0.717) is 0 Å². The summed E-state index contributed by atoms with van der Waals surface area (Å²) in [4.78, 5) is 0. The lowest BCUT2D eigenvalue weighted by molar-refractivity contribution is 0.758. The molecule has 196 valence electrons. The molecule has 42 heavy (non-hydrogen) atoms. The van der Waals surface area contributed by atoms with E-state index in [2.05, 4.69) is 168 Å². The van der Waals surface area contributed by atoms with E-state index in [1.165, 1.54) is 71.6 Å². The van der Waals surface area contributed by atoms with Crippen LogP contribution in [0.1, 0.15) is 22.3 Å². The number of fused-ring (bicyclic) bond motifs is 6. The van der Waals surface area contributed by atoms with Crippen molar-refractivity contribution in [2.75, 3.05) is 0 Å². The van der Waals surface area contributed by atoms with Crippen LogP contribution >= 0.6 is 0 Å². The van der Waals surface area contributed by atoms with Gasteiger partial charge in [0.15, 0.2) is 0 Å². The molecule has 0 amide bonds. The first-order chi connectivity index (χ1) is 20.9. The standard InChI is InChI=1S/C41H27N/c1-4-16-29(17-5-1)41(30-18-6-2-7-19-30)35-24-13-15-28-14-12-23-32(38(28)35)33-26-27-37-39(40(33)41)34-22-10-11-25-36(34)42(37)31-20-8-3-9-21-31/h1-27H. The zero-order chi connectivity index (χ0) is 27.7. The van der Waals surface area contributed by atoms with Crippen LogP contribution in [0.2, 0.25) is 0 Å². The van der Waals surface area contributed by atoms with Crippen molar-refractivity contribution in [2.24, 2.45) is 0 Å². The smallest absolute Gasteiger partial charge is 0.0720 e. The van der Waals surface area contributed by atoms with E-state index >= 15 is 0 Å². The Morgan fingerprint density at radius 1 is 0.405 bits per heavy atom. The molecule has 0 N–H and O–H groups in total. The van der Waals surface area contributed by atoms with Crippen LogP contribution in [-0.2, 0) is 5.41 Å². The first-order valence-corrected chi connectivity index (χ1v) is 14.6. The van der Waals surface area contributed by atoms with Crippen LogP contribution in [0, 0.1) is 0 Å². The summed E-state index contributed by atoms with van der Waals surface area (Å²) >= 11 is 0. The topological polar surface area (TPSA) is 4.93 Å². The molecule has 0 fully saturated rings. The van der Waals surface area contributed by atoms with Gasteiger partial charge in [0.25, 0.3) is 0 Å². The number of benzene rings is 7. The highest BCUT2D eigenvalue weighted by Crippen LogP contribution is 2.58. The third-order valence-electron chi connectivity index (χ3n) is 9.24. The summed E-state index contributed by atoms with van der Waals surface area (Å²) in [5.74, 6) is 0. The molecular formula is C41H27N. The summed E-state index contributed by atoms with van der Waals surface area (Å²) in [5.41, 5.74) is 11.0. The van der Waals surface area contributed by atoms with E-state index in [1.807, 2.05) is 0 Å². The molecule has 1 heteroatoms. The van der Waals surface area contributed by atoms with E-state index < -0.39 is 5.41 Å². The summed E-state index contributed by atoms with van der Waals surface area (Å²) in [5, 5.41) is 5.20. The third kappa shape index (κ3) is 2.97. The average Bonchev–Trinajstić information content (AvgIpc) is 3.41. The van der Waals surface area contributed by atoms with Crippen LogP contribution in [0.3, 0.4) is 0 Å². The van der Waals surface area contributed by atoms with Gasteiger partial charge in [0.2, 0.25) is 0 Å². The van der Waals surface area contributed by atoms with Crippen molar-refractivity contribution in [3.8, 4) is 16.8 Å². The van der Waals surface area contributed by atoms with Gasteiger partial charge in [-0.05, 0) is 68.4 Å². The Kier molecular flexibility index (Phi) is 4.88. The molecule has 0 bridgehead atoms. The number of hydrogen-bond donors (Lipinski definition) is 0. The van der Waals surface area contributed by atoms with Gasteiger partial charge in [-0.1, -0.05) is 140 Å². The first kappa shape index (κ1) is 23.3. The van der Waals surface area contributed by atoms with E-state index in [0.717, 1.165) is 0 Å². The second-order valence-corrected chi connectivity index (χ2v) is 11.3. The molecule has 1 heterocycles. The van der Waals surface area contributed by atoms with Gasteiger partial charge in [-0.3, -0.25) is 0 Å². The van der Waals surface area contributed by atoms with Crippen molar-refractivity contribution in [3.05, 3.63) is 186 Å². The highest BCUT2D eigenvalue weighted by molar-refractivity contribution is 6.17. The number of hydrogen-bond acceptors (Lipinski definition) is 0. The van der Waals surface area contributed by atoms with Crippen LogP contribution in [0.4, 0.5) is 0 Å². The molecule has 0 atom stereocenters. The molecule has 0 radical (unpaired) electrons. The minimum atomic E-state index is -0.517. The molecule has 1 aliphatic rings.